The first-order valence-electron chi connectivity index (χ1n) is 6.57. The molecule has 1 N–H and O–H groups in total. The van der Waals surface area contributed by atoms with Crippen LogP contribution >= 0.6 is 27.5 Å². The summed E-state index contributed by atoms with van der Waals surface area (Å²) in [5.41, 5.74) is 0.590. The Bertz CT molecular complexity index is 678. The molecule has 4 nitrogen and oxygen atoms in total. The zero-order chi connectivity index (χ0) is 16.1. The van der Waals surface area contributed by atoms with Gasteiger partial charge in [-0.2, -0.15) is 0 Å². The number of methoxy groups -OCH3 is 1. The highest BCUT2D eigenvalue weighted by Gasteiger charge is 2.17. The lowest BCUT2D eigenvalue weighted by molar-refractivity contribution is -0.122. The highest BCUT2D eigenvalue weighted by atomic mass is 79.9. The third kappa shape index (κ3) is 4.15. The standard InChI is InChI=1S/C16H15BrClNO3/c1-10(22-14-8-7-11(17)9-12(14)18)16(20)19-13-5-3-4-6-15(13)21-2/h3-10H,1-2H3,(H,19,20)/t10-/m0/s1. The number of nitrogens with one attached hydrogen (secondary N) is 1. The molecule has 2 aromatic carbocycles. The van der Waals surface area contributed by atoms with E-state index in [4.69, 9.17) is 21.1 Å². The summed E-state index contributed by atoms with van der Waals surface area (Å²) in [6.45, 7) is 1.66. The van der Waals surface area contributed by atoms with Crippen molar-refractivity contribution < 1.29 is 14.3 Å². The lowest BCUT2D eigenvalue weighted by Gasteiger charge is -2.16. The van der Waals surface area contributed by atoms with Crippen LogP contribution in [0.1, 0.15) is 6.92 Å². The average molecular weight is 385 g/mol. The fourth-order valence-corrected chi connectivity index (χ4v) is 2.51. The third-order valence-electron chi connectivity index (χ3n) is 2.93. The first-order chi connectivity index (χ1) is 10.5. The molecule has 0 fully saturated rings. The van der Waals surface area contributed by atoms with Gasteiger partial charge < -0.3 is 14.8 Å². The zero-order valence-electron chi connectivity index (χ0n) is 12.1. The van der Waals surface area contributed by atoms with Crippen LogP contribution in [0, 0.1) is 0 Å². The number of hydrogen-bond acceptors (Lipinski definition) is 3. The fourth-order valence-electron chi connectivity index (χ4n) is 1.80. The molecule has 0 spiro atoms. The molecular weight excluding hydrogens is 370 g/mol. The SMILES string of the molecule is COc1ccccc1NC(=O)[C@H](C)Oc1ccc(Br)cc1Cl. The van der Waals surface area contributed by atoms with E-state index in [1.807, 2.05) is 12.1 Å². The third-order valence-corrected chi connectivity index (χ3v) is 3.72. The minimum absolute atomic E-state index is 0.288. The van der Waals surface area contributed by atoms with E-state index >= 15 is 0 Å². The van der Waals surface area contributed by atoms with Crippen molar-refractivity contribution in [2.24, 2.45) is 0 Å². The molecule has 1 atom stereocenters. The van der Waals surface area contributed by atoms with Crippen molar-refractivity contribution >= 4 is 39.1 Å². The van der Waals surface area contributed by atoms with Crippen molar-refractivity contribution in [1.29, 1.82) is 0 Å². The predicted octanol–water partition coefficient (Wildman–Crippen LogP) is 4.52. The number of carbonyl (C=O) groups is 1. The molecule has 0 aliphatic heterocycles. The minimum atomic E-state index is -0.705. The summed E-state index contributed by atoms with van der Waals surface area (Å²) in [5.74, 6) is 0.751. The van der Waals surface area contributed by atoms with Gasteiger partial charge in [-0.25, -0.2) is 0 Å². The molecule has 0 aromatic heterocycles. The van der Waals surface area contributed by atoms with Gasteiger partial charge in [-0.1, -0.05) is 39.7 Å². The van der Waals surface area contributed by atoms with Gasteiger partial charge in [-0.3, -0.25) is 4.79 Å². The number of amides is 1. The Labute approximate surface area is 142 Å². The molecule has 116 valence electrons. The summed E-state index contributed by atoms with van der Waals surface area (Å²) in [7, 11) is 1.55. The second-order valence-corrected chi connectivity index (χ2v) is 5.85. The number of ether oxygens (including phenoxy) is 2. The zero-order valence-corrected chi connectivity index (χ0v) is 14.4. The van der Waals surface area contributed by atoms with Crippen molar-refractivity contribution in [3.05, 3.63) is 52.0 Å². The van der Waals surface area contributed by atoms with Crippen molar-refractivity contribution in [2.45, 2.75) is 13.0 Å². The van der Waals surface area contributed by atoms with Crippen LogP contribution in [-0.2, 0) is 4.79 Å². The smallest absolute Gasteiger partial charge is 0.265 e. The van der Waals surface area contributed by atoms with Crippen LogP contribution in [0.2, 0.25) is 5.02 Å². The average Bonchev–Trinajstić information content (AvgIpc) is 2.50. The lowest BCUT2D eigenvalue weighted by Crippen LogP contribution is -2.30. The number of halogens is 2. The van der Waals surface area contributed by atoms with Gasteiger partial charge in [0.1, 0.15) is 11.5 Å². The molecule has 0 aliphatic carbocycles. The molecule has 0 unspecified atom stereocenters. The Hall–Kier alpha value is -1.72. The van der Waals surface area contributed by atoms with E-state index < -0.39 is 6.10 Å². The number of hydrogen-bond donors (Lipinski definition) is 1. The van der Waals surface area contributed by atoms with Crippen LogP contribution in [0.5, 0.6) is 11.5 Å². The maximum Gasteiger partial charge on any atom is 0.265 e. The Morgan fingerprint density at radius 1 is 1.23 bits per heavy atom. The molecule has 0 saturated heterocycles. The van der Waals surface area contributed by atoms with Gasteiger partial charge in [-0.15, -0.1) is 0 Å². The molecule has 0 saturated carbocycles. The van der Waals surface area contributed by atoms with Crippen LogP contribution in [-0.4, -0.2) is 19.1 Å². The number of carbonyl (C=O) groups excluding carboxylic acids is 1. The van der Waals surface area contributed by atoms with E-state index in [0.29, 0.717) is 22.2 Å². The summed E-state index contributed by atoms with van der Waals surface area (Å²) in [6.07, 6.45) is -0.705. The largest absolute Gasteiger partial charge is 0.495 e. The van der Waals surface area contributed by atoms with E-state index in [2.05, 4.69) is 21.2 Å². The molecule has 0 heterocycles. The van der Waals surface area contributed by atoms with Crippen molar-refractivity contribution in [3.8, 4) is 11.5 Å². The van der Waals surface area contributed by atoms with E-state index in [1.54, 1.807) is 44.4 Å². The van der Waals surface area contributed by atoms with Crippen molar-refractivity contribution in [1.82, 2.24) is 0 Å². The van der Waals surface area contributed by atoms with Crippen LogP contribution in [0.4, 0.5) is 5.69 Å². The Morgan fingerprint density at radius 2 is 1.95 bits per heavy atom. The van der Waals surface area contributed by atoms with Crippen LogP contribution < -0.4 is 14.8 Å². The monoisotopic (exact) mass is 383 g/mol. The van der Waals surface area contributed by atoms with Gasteiger partial charge in [0.2, 0.25) is 0 Å². The summed E-state index contributed by atoms with van der Waals surface area (Å²) in [6, 6.07) is 12.4. The van der Waals surface area contributed by atoms with E-state index in [9.17, 15) is 4.79 Å². The molecule has 1 amide bonds. The van der Waals surface area contributed by atoms with Gasteiger partial charge in [0, 0.05) is 4.47 Å². The van der Waals surface area contributed by atoms with Gasteiger partial charge in [-0.05, 0) is 37.3 Å². The van der Waals surface area contributed by atoms with E-state index in [1.165, 1.54) is 0 Å². The molecule has 0 aliphatic rings. The maximum absolute atomic E-state index is 12.2. The Morgan fingerprint density at radius 3 is 2.64 bits per heavy atom. The van der Waals surface area contributed by atoms with Crippen LogP contribution in [0.25, 0.3) is 0 Å². The first kappa shape index (κ1) is 16.6. The quantitative estimate of drug-likeness (QED) is 0.824. The summed E-state index contributed by atoms with van der Waals surface area (Å²) >= 11 is 9.40. The Balaban J connectivity index is 2.06. The van der Waals surface area contributed by atoms with Crippen molar-refractivity contribution in [2.75, 3.05) is 12.4 Å². The highest BCUT2D eigenvalue weighted by molar-refractivity contribution is 9.10. The fraction of sp³-hybridized carbons (Fsp3) is 0.188. The number of benzene rings is 2. The van der Waals surface area contributed by atoms with Crippen LogP contribution in [0.3, 0.4) is 0 Å². The number of para-hydroxylation sites is 2. The normalized spacial score (nSPS) is 11.6. The predicted molar refractivity (Wildman–Crippen MR) is 90.9 cm³/mol. The van der Waals surface area contributed by atoms with E-state index in [-0.39, 0.29) is 5.91 Å². The van der Waals surface area contributed by atoms with Gasteiger partial charge in [0.05, 0.1) is 17.8 Å². The molecule has 0 radical (unpaired) electrons. The minimum Gasteiger partial charge on any atom is -0.495 e. The van der Waals surface area contributed by atoms with Gasteiger partial charge in [0.15, 0.2) is 6.10 Å². The summed E-state index contributed by atoms with van der Waals surface area (Å²) in [4.78, 5) is 12.2. The second-order valence-electron chi connectivity index (χ2n) is 4.52. The van der Waals surface area contributed by atoms with E-state index in [0.717, 1.165) is 4.47 Å². The maximum atomic E-state index is 12.2. The Kier molecular flexibility index (Phi) is 5.69. The molecule has 22 heavy (non-hydrogen) atoms. The molecule has 6 heteroatoms. The second kappa shape index (κ2) is 7.51. The van der Waals surface area contributed by atoms with Gasteiger partial charge >= 0.3 is 0 Å². The summed E-state index contributed by atoms with van der Waals surface area (Å²) in [5, 5.41) is 3.21. The molecule has 0 bridgehead atoms. The van der Waals surface area contributed by atoms with Crippen LogP contribution in [0.15, 0.2) is 46.9 Å². The molecular formula is C16H15BrClNO3. The highest BCUT2D eigenvalue weighted by Crippen LogP contribution is 2.29. The van der Waals surface area contributed by atoms with Crippen molar-refractivity contribution in [3.63, 3.8) is 0 Å². The molecule has 2 aromatic rings. The number of rotatable bonds is 5. The summed E-state index contributed by atoms with van der Waals surface area (Å²) < 4.78 is 11.6. The molecule has 2 rings (SSSR count). The lowest BCUT2D eigenvalue weighted by atomic mass is 10.2. The van der Waals surface area contributed by atoms with Gasteiger partial charge in [0.25, 0.3) is 5.91 Å². The first-order valence-corrected chi connectivity index (χ1v) is 7.74. The topological polar surface area (TPSA) is 47.6 Å². The number of anilines is 1.